The second-order valence-corrected chi connectivity index (χ2v) is 3.82. The summed E-state index contributed by atoms with van der Waals surface area (Å²) in [4.78, 5) is 0. The molecule has 2 unspecified atom stereocenters. The van der Waals surface area contributed by atoms with Crippen LogP contribution in [0, 0.1) is 12.7 Å². The van der Waals surface area contributed by atoms with Gasteiger partial charge in [-0.15, -0.1) is 0 Å². The third-order valence-corrected chi connectivity index (χ3v) is 2.56. The van der Waals surface area contributed by atoms with Gasteiger partial charge < -0.3 is 15.6 Å². The van der Waals surface area contributed by atoms with E-state index in [-0.39, 0.29) is 18.5 Å². The van der Waals surface area contributed by atoms with Crippen molar-refractivity contribution in [2.45, 2.75) is 32.4 Å². The second-order valence-electron chi connectivity index (χ2n) is 3.82. The molecule has 0 spiro atoms. The Morgan fingerprint density at radius 2 is 2.19 bits per heavy atom. The lowest BCUT2D eigenvalue weighted by atomic mass is 10.1. The topological polar surface area (TPSA) is 55.5 Å². The number of aryl methyl sites for hydroxylation is 1. The smallest absolute Gasteiger partial charge is 0.137 e. The standard InChI is InChI=1S/C12H18FNO2/c1-3-10(14)12(7-15)16-11-6-9(13)5-4-8(11)2/h4-6,10,12,15H,3,7,14H2,1-2H3. The molecule has 3 N–H and O–H groups in total. The van der Waals surface area contributed by atoms with Crippen LogP contribution in [0.2, 0.25) is 0 Å². The summed E-state index contributed by atoms with van der Waals surface area (Å²) in [5.74, 6) is 0.0744. The van der Waals surface area contributed by atoms with Crippen molar-refractivity contribution in [3.05, 3.63) is 29.6 Å². The lowest BCUT2D eigenvalue weighted by molar-refractivity contribution is 0.0923. The number of aliphatic hydroxyl groups excluding tert-OH is 1. The molecule has 0 bridgehead atoms. The molecule has 1 rings (SSSR count). The summed E-state index contributed by atoms with van der Waals surface area (Å²) < 4.78 is 18.5. The molecule has 2 atom stereocenters. The van der Waals surface area contributed by atoms with Gasteiger partial charge in [0.25, 0.3) is 0 Å². The number of nitrogens with two attached hydrogens (primary N) is 1. The van der Waals surface area contributed by atoms with Crippen molar-refractivity contribution in [3.8, 4) is 5.75 Å². The van der Waals surface area contributed by atoms with Crippen LogP contribution in [0.4, 0.5) is 4.39 Å². The Balaban J connectivity index is 2.81. The molecule has 0 aliphatic rings. The van der Waals surface area contributed by atoms with Crippen LogP contribution in [0.5, 0.6) is 5.75 Å². The lowest BCUT2D eigenvalue weighted by Crippen LogP contribution is -2.41. The van der Waals surface area contributed by atoms with E-state index < -0.39 is 6.10 Å². The van der Waals surface area contributed by atoms with Gasteiger partial charge in [0.15, 0.2) is 0 Å². The van der Waals surface area contributed by atoms with E-state index in [0.717, 1.165) is 5.56 Å². The maximum absolute atomic E-state index is 13.0. The van der Waals surface area contributed by atoms with Crippen LogP contribution in [-0.4, -0.2) is 23.9 Å². The quantitative estimate of drug-likeness (QED) is 0.803. The maximum atomic E-state index is 13.0. The fraction of sp³-hybridized carbons (Fsp3) is 0.500. The average molecular weight is 227 g/mol. The number of hydrogen-bond donors (Lipinski definition) is 2. The van der Waals surface area contributed by atoms with Crippen molar-refractivity contribution in [1.82, 2.24) is 0 Å². The number of halogens is 1. The molecule has 0 aliphatic carbocycles. The van der Waals surface area contributed by atoms with Gasteiger partial charge in [0.2, 0.25) is 0 Å². The molecular formula is C12H18FNO2. The number of ether oxygens (including phenoxy) is 1. The van der Waals surface area contributed by atoms with E-state index in [1.165, 1.54) is 12.1 Å². The second kappa shape index (κ2) is 5.82. The third kappa shape index (κ3) is 3.18. The highest BCUT2D eigenvalue weighted by Gasteiger charge is 2.18. The minimum absolute atomic E-state index is 0.176. The SMILES string of the molecule is CCC(N)C(CO)Oc1cc(F)ccc1C. The third-order valence-electron chi connectivity index (χ3n) is 2.56. The Hall–Kier alpha value is -1.13. The van der Waals surface area contributed by atoms with Gasteiger partial charge in [-0.3, -0.25) is 0 Å². The first-order valence-electron chi connectivity index (χ1n) is 5.37. The Bertz CT molecular complexity index is 344. The Morgan fingerprint density at radius 1 is 1.50 bits per heavy atom. The predicted octanol–water partition coefficient (Wildman–Crippen LogP) is 1.61. The van der Waals surface area contributed by atoms with Gasteiger partial charge in [0, 0.05) is 12.1 Å². The van der Waals surface area contributed by atoms with Crippen LogP contribution in [0.15, 0.2) is 18.2 Å². The first-order chi connectivity index (χ1) is 7.58. The van der Waals surface area contributed by atoms with Crippen LogP contribution >= 0.6 is 0 Å². The Labute approximate surface area is 95.0 Å². The summed E-state index contributed by atoms with van der Waals surface area (Å²) in [6.07, 6.45) is 0.199. The first kappa shape index (κ1) is 12.9. The molecule has 16 heavy (non-hydrogen) atoms. The van der Waals surface area contributed by atoms with Gasteiger partial charge >= 0.3 is 0 Å². The van der Waals surface area contributed by atoms with Crippen LogP contribution in [0.25, 0.3) is 0 Å². The number of hydrogen-bond acceptors (Lipinski definition) is 3. The molecule has 4 heteroatoms. The fourth-order valence-electron chi connectivity index (χ4n) is 1.39. The summed E-state index contributed by atoms with van der Waals surface area (Å²) in [5.41, 5.74) is 6.61. The summed E-state index contributed by atoms with van der Waals surface area (Å²) in [6, 6.07) is 4.06. The number of rotatable bonds is 5. The van der Waals surface area contributed by atoms with Crippen molar-refractivity contribution in [2.75, 3.05) is 6.61 Å². The van der Waals surface area contributed by atoms with Crippen LogP contribution in [0.3, 0.4) is 0 Å². The van der Waals surface area contributed by atoms with Gasteiger partial charge in [0.1, 0.15) is 17.7 Å². The maximum Gasteiger partial charge on any atom is 0.137 e. The molecule has 1 aromatic rings. The van der Waals surface area contributed by atoms with Crippen LogP contribution in [-0.2, 0) is 0 Å². The molecule has 0 fully saturated rings. The van der Waals surface area contributed by atoms with E-state index in [1.807, 2.05) is 13.8 Å². The minimum Gasteiger partial charge on any atom is -0.486 e. The molecular weight excluding hydrogens is 209 g/mol. The number of benzene rings is 1. The summed E-state index contributed by atoms with van der Waals surface area (Å²) in [6.45, 7) is 3.56. The molecule has 0 aromatic heterocycles. The average Bonchev–Trinajstić information content (AvgIpc) is 2.29. The predicted molar refractivity (Wildman–Crippen MR) is 60.9 cm³/mol. The van der Waals surface area contributed by atoms with E-state index in [2.05, 4.69) is 0 Å². The van der Waals surface area contributed by atoms with Crippen molar-refractivity contribution >= 4 is 0 Å². The Morgan fingerprint density at radius 3 is 2.75 bits per heavy atom. The van der Waals surface area contributed by atoms with Gasteiger partial charge in [-0.1, -0.05) is 13.0 Å². The van der Waals surface area contributed by atoms with E-state index >= 15 is 0 Å². The van der Waals surface area contributed by atoms with Gasteiger partial charge in [-0.2, -0.15) is 0 Å². The van der Waals surface area contributed by atoms with Crippen LogP contribution < -0.4 is 10.5 Å². The Kier molecular flexibility index (Phi) is 4.71. The van der Waals surface area contributed by atoms with Crippen molar-refractivity contribution in [1.29, 1.82) is 0 Å². The monoisotopic (exact) mass is 227 g/mol. The molecule has 0 heterocycles. The molecule has 0 saturated heterocycles. The molecule has 1 aromatic carbocycles. The normalized spacial score (nSPS) is 14.6. The zero-order valence-corrected chi connectivity index (χ0v) is 9.61. The van der Waals surface area contributed by atoms with E-state index in [4.69, 9.17) is 15.6 Å². The van der Waals surface area contributed by atoms with Gasteiger partial charge in [-0.25, -0.2) is 4.39 Å². The van der Waals surface area contributed by atoms with Crippen molar-refractivity contribution in [2.24, 2.45) is 5.73 Å². The molecule has 0 radical (unpaired) electrons. The highest BCUT2D eigenvalue weighted by molar-refractivity contribution is 5.32. The fourth-order valence-corrected chi connectivity index (χ4v) is 1.39. The zero-order chi connectivity index (χ0) is 12.1. The molecule has 0 saturated carbocycles. The zero-order valence-electron chi connectivity index (χ0n) is 9.61. The number of aliphatic hydroxyl groups is 1. The molecule has 0 amide bonds. The highest BCUT2D eigenvalue weighted by Crippen LogP contribution is 2.20. The van der Waals surface area contributed by atoms with E-state index in [1.54, 1.807) is 6.07 Å². The van der Waals surface area contributed by atoms with Crippen LogP contribution in [0.1, 0.15) is 18.9 Å². The van der Waals surface area contributed by atoms with E-state index in [9.17, 15) is 4.39 Å². The van der Waals surface area contributed by atoms with Crippen molar-refractivity contribution < 1.29 is 14.2 Å². The minimum atomic E-state index is -0.495. The summed E-state index contributed by atoms with van der Waals surface area (Å²) in [7, 11) is 0. The molecule has 0 aliphatic heterocycles. The van der Waals surface area contributed by atoms with E-state index in [0.29, 0.717) is 12.2 Å². The highest BCUT2D eigenvalue weighted by atomic mass is 19.1. The molecule has 90 valence electrons. The first-order valence-corrected chi connectivity index (χ1v) is 5.37. The molecule has 3 nitrogen and oxygen atoms in total. The largest absolute Gasteiger partial charge is 0.486 e. The van der Waals surface area contributed by atoms with Gasteiger partial charge in [0.05, 0.1) is 6.61 Å². The summed E-state index contributed by atoms with van der Waals surface area (Å²) in [5, 5.41) is 9.15. The summed E-state index contributed by atoms with van der Waals surface area (Å²) >= 11 is 0. The van der Waals surface area contributed by atoms with Crippen molar-refractivity contribution in [3.63, 3.8) is 0 Å². The lowest BCUT2D eigenvalue weighted by Gasteiger charge is -2.23. The van der Waals surface area contributed by atoms with Gasteiger partial charge in [-0.05, 0) is 25.0 Å².